The minimum Gasteiger partial charge on any atom is -0.216 e. The largest absolute Gasteiger partial charge is 0.274 e. The molecule has 2 rings (SSSR count). The monoisotopic (exact) mass is 262 g/mol. The van der Waals surface area contributed by atoms with Crippen molar-refractivity contribution in [3.63, 3.8) is 0 Å². The summed E-state index contributed by atoms with van der Waals surface area (Å²) in [7, 11) is -3.95. The number of nitrogens with one attached hydrogen (secondary N) is 1. The third-order valence-electron chi connectivity index (χ3n) is 2.68. The minimum atomic E-state index is -3.95. The minimum absolute atomic E-state index is 0.00141. The van der Waals surface area contributed by atoms with Gasteiger partial charge >= 0.3 is 0 Å². The first-order valence-corrected chi connectivity index (χ1v) is 6.66. The van der Waals surface area contributed by atoms with Gasteiger partial charge in [-0.25, -0.2) is 13.9 Å². The van der Waals surface area contributed by atoms with Crippen molar-refractivity contribution in [1.29, 1.82) is 0 Å². The predicted octanol–water partition coefficient (Wildman–Crippen LogP) is 1.21. The molecular weight excluding hydrogens is 250 g/mol. The topological polar surface area (TPSA) is 72.2 Å². The van der Waals surface area contributed by atoms with Gasteiger partial charge in [0.25, 0.3) is 10.2 Å². The van der Waals surface area contributed by atoms with Gasteiger partial charge in [0.2, 0.25) is 0 Å². The normalized spacial score (nSPS) is 18.1. The molecule has 0 amide bonds. The maximum absolute atomic E-state index is 13.5. The van der Waals surface area contributed by atoms with Crippen LogP contribution >= 0.6 is 0 Å². The van der Waals surface area contributed by atoms with E-state index in [1.165, 1.54) is 0 Å². The first kappa shape index (κ1) is 12.4. The molecule has 1 saturated carbocycles. The van der Waals surface area contributed by atoms with Gasteiger partial charge in [-0.3, -0.25) is 0 Å². The van der Waals surface area contributed by atoms with Crippen LogP contribution < -0.4 is 9.86 Å². The molecule has 4 nitrogen and oxygen atoms in total. The summed E-state index contributed by atoms with van der Waals surface area (Å²) in [5.74, 6) is -1.27. The van der Waals surface area contributed by atoms with Crippen LogP contribution in [0.1, 0.15) is 24.4 Å². The van der Waals surface area contributed by atoms with Crippen LogP contribution in [0.2, 0.25) is 0 Å². The molecule has 0 aromatic heterocycles. The molecule has 0 spiro atoms. The van der Waals surface area contributed by atoms with E-state index in [-0.39, 0.29) is 11.5 Å². The standard InChI is InChI=1S/C10H12F2N2O2S/c11-7-3-4-9(12)8(5-7)10(6-1-2-6)14-17(13,15)16/h3-6,10,14H,1-2H2,(H2,13,15,16)/t10-/m1/s1. The molecule has 1 aromatic carbocycles. The summed E-state index contributed by atoms with van der Waals surface area (Å²) >= 11 is 0. The Morgan fingerprint density at radius 3 is 2.53 bits per heavy atom. The molecule has 7 heteroatoms. The second-order valence-electron chi connectivity index (χ2n) is 4.14. The fourth-order valence-corrected chi connectivity index (χ4v) is 2.45. The van der Waals surface area contributed by atoms with Crippen LogP contribution in [0.5, 0.6) is 0 Å². The summed E-state index contributed by atoms with van der Waals surface area (Å²) in [6, 6.07) is 2.17. The van der Waals surface area contributed by atoms with Gasteiger partial charge in [0.1, 0.15) is 11.6 Å². The molecule has 1 aliphatic carbocycles. The SMILES string of the molecule is NS(=O)(=O)N[C@@H](c1cc(F)ccc1F)C1CC1. The average Bonchev–Trinajstić information content (AvgIpc) is 3.00. The van der Waals surface area contributed by atoms with Gasteiger partial charge in [0.15, 0.2) is 0 Å². The van der Waals surface area contributed by atoms with E-state index in [2.05, 4.69) is 4.72 Å². The van der Waals surface area contributed by atoms with Crippen molar-refractivity contribution >= 4 is 10.2 Å². The Kier molecular flexibility index (Phi) is 3.15. The van der Waals surface area contributed by atoms with Crippen LogP contribution in [-0.4, -0.2) is 8.42 Å². The lowest BCUT2D eigenvalue weighted by Crippen LogP contribution is -2.35. The lowest BCUT2D eigenvalue weighted by molar-refractivity contribution is 0.498. The molecule has 0 bridgehead atoms. The fraction of sp³-hybridized carbons (Fsp3) is 0.400. The quantitative estimate of drug-likeness (QED) is 0.856. The number of halogens is 2. The third-order valence-corrected chi connectivity index (χ3v) is 3.26. The highest BCUT2D eigenvalue weighted by Gasteiger charge is 2.35. The van der Waals surface area contributed by atoms with E-state index in [9.17, 15) is 17.2 Å². The molecule has 0 heterocycles. The van der Waals surface area contributed by atoms with Crippen LogP contribution in [0.3, 0.4) is 0 Å². The highest BCUT2D eigenvalue weighted by Crippen LogP contribution is 2.42. The van der Waals surface area contributed by atoms with Crippen molar-refractivity contribution in [2.75, 3.05) is 0 Å². The van der Waals surface area contributed by atoms with Gasteiger partial charge in [-0.2, -0.15) is 13.1 Å². The molecule has 0 aliphatic heterocycles. The Labute approximate surface area is 98.0 Å². The third kappa shape index (κ3) is 3.21. The van der Waals surface area contributed by atoms with Crippen molar-refractivity contribution in [3.8, 4) is 0 Å². The van der Waals surface area contributed by atoms with Crippen molar-refractivity contribution in [1.82, 2.24) is 4.72 Å². The van der Waals surface area contributed by atoms with E-state index in [1.54, 1.807) is 0 Å². The Morgan fingerprint density at radius 1 is 1.35 bits per heavy atom. The second kappa shape index (κ2) is 4.32. The summed E-state index contributed by atoms with van der Waals surface area (Å²) in [4.78, 5) is 0. The van der Waals surface area contributed by atoms with Gasteiger partial charge in [0.05, 0.1) is 6.04 Å². The molecule has 17 heavy (non-hydrogen) atoms. The zero-order valence-corrected chi connectivity index (χ0v) is 9.68. The molecule has 1 fully saturated rings. The maximum Gasteiger partial charge on any atom is 0.274 e. The number of benzene rings is 1. The van der Waals surface area contributed by atoms with E-state index in [1.807, 2.05) is 0 Å². The molecule has 3 N–H and O–H groups in total. The van der Waals surface area contributed by atoms with Crippen LogP contribution in [0, 0.1) is 17.6 Å². The van der Waals surface area contributed by atoms with Crippen LogP contribution in [0.25, 0.3) is 0 Å². The molecule has 0 saturated heterocycles. The zero-order valence-electron chi connectivity index (χ0n) is 8.86. The molecule has 1 aliphatic rings. The Bertz CT molecular complexity index is 529. The predicted molar refractivity (Wildman–Crippen MR) is 58.1 cm³/mol. The smallest absolute Gasteiger partial charge is 0.216 e. The highest BCUT2D eigenvalue weighted by molar-refractivity contribution is 7.87. The van der Waals surface area contributed by atoms with Crippen molar-refractivity contribution in [2.45, 2.75) is 18.9 Å². The highest BCUT2D eigenvalue weighted by atomic mass is 32.2. The fourth-order valence-electron chi connectivity index (χ4n) is 1.77. The van der Waals surface area contributed by atoms with Crippen molar-refractivity contribution < 1.29 is 17.2 Å². The first-order valence-electron chi connectivity index (χ1n) is 5.12. The molecule has 1 aromatic rings. The molecule has 1 atom stereocenters. The van der Waals surface area contributed by atoms with Crippen molar-refractivity contribution in [2.24, 2.45) is 11.1 Å². The van der Waals surface area contributed by atoms with E-state index in [0.717, 1.165) is 31.0 Å². The van der Waals surface area contributed by atoms with Gasteiger partial charge in [-0.05, 0) is 37.0 Å². The second-order valence-corrected chi connectivity index (χ2v) is 5.47. The summed E-state index contributed by atoms with van der Waals surface area (Å²) < 4.78 is 50.7. The maximum atomic E-state index is 13.5. The lowest BCUT2D eigenvalue weighted by atomic mass is 10.0. The summed E-state index contributed by atoms with van der Waals surface area (Å²) in [5, 5.41) is 4.87. The average molecular weight is 262 g/mol. The summed E-state index contributed by atoms with van der Waals surface area (Å²) in [5.41, 5.74) is 0.00141. The van der Waals surface area contributed by atoms with Gasteiger partial charge in [-0.1, -0.05) is 0 Å². The molecule has 0 unspecified atom stereocenters. The van der Waals surface area contributed by atoms with Crippen LogP contribution in [-0.2, 0) is 10.2 Å². The van der Waals surface area contributed by atoms with E-state index < -0.39 is 27.9 Å². The molecule has 94 valence electrons. The molecular formula is C10H12F2N2O2S. The Balaban J connectivity index is 2.35. The zero-order chi connectivity index (χ0) is 12.6. The Morgan fingerprint density at radius 2 is 2.00 bits per heavy atom. The Hall–Kier alpha value is -1.05. The summed E-state index contributed by atoms with van der Waals surface area (Å²) in [6.07, 6.45) is 1.53. The van der Waals surface area contributed by atoms with Crippen LogP contribution in [0.15, 0.2) is 18.2 Å². The number of hydrogen-bond acceptors (Lipinski definition) is 2. The van der Waals surface area contributed by atoms with E-state index in [4.69, 9.17) is 5.14 Å². The van der Waals surface area contributed by atoms with Gasteiger partial charge in [0, 0.05) is 5.56 Å². The number of nitrogens with two attached hydrogens (primary N) is 1. The van der Waals surface area contributed by atoms with Gasteiger partial charge in [-0.15, -0.1) is 0 Å². The lowest BCUT2D eigenvalue weighted by Gasteiger charge is -2.17. The van der Waals surface area contributed by atoms with Gasteiger partial charge < -0.3 is 0 Å². The molecule has 0 radical (unpaired) electrons. The summed E-state index contributed by atoms with van der Waals surface area (Å²) in [6.45, 7) is 0. The van der Waals surface area contributed by atoms with Crippen molar-refractivity contribution in [3.05, 3.63) is 35.4 Å². The van der Waals surface area contributed by atoms with E-state index >= 15 is 0 Å². The number of hydrogen-bond donors (Lipinski definition) is 2. The number of rotatable bonds is 4. The van der Waals surface area contributed by atoms with Crippen LogP contribution in [0.4, 0.5) is 8.78 Å². The first-order chi connectivity index (χ1) is 7.87. The van der Waals surface area contributed by atoms with E-state index in [0.29, 0.717) is 0 Å².